The highest BCUT2D eigenvalue weighted by atomic mass is 32.2. The van der Waals surface area contributed by atoms with E-state index in [1.54, 1.807) is 0 Å². The molecule has 1 saturated heterocycles. The molecule has 1 aromatic heterocycles. The number of aromatic nitrogens is 4. The van der Waals surface area contributed by atoms with Crippen LogP contribution < -0.4 is 5.32 Å². The third-order valence-corrected chi connectivity index (χ3v) is 4.10. The Morgan fingerprint density at radius 3 is 3.25 bits per heavy atom. The molecule has 5 nitrogen and oxygen atoms in total. The highest BCUT2D eigenvalue weighted by Gasteiger charge is 2.18. The quantitative estimate of drug-likeness (QED) is 0.755. The zero-order chi connectivity index (χ0) is 11.2. The van der Waals surface area contributed by atoms with Gasteiger partial charge in [-0.1, -0.05) is 6.92 Å². The number of hydrogen-bond donors (Lipinski definition) is 1. The summed E-state index contributed by atoms with van der Waals surface area (Å²) in [4.78, 5) is 0. The summed E-state index contributed by atoms with van der Waals surface area (Å²) in [7, 11) is 0. The van der Waals surface area contributed by atoms with Gasteiger partial charge in [0, 0.05) is 5.25 Å². The molecule has 1 aliphatic heterocycles. The molecule has 2 rings (SSSR count). The molecule has 6 heteroatoms. The van der Waals surface area contributed by atoms with Gasteiger partial charge < -0.3 is 5.32 Å². The molecule has 0 spiro atoms. The first-order chi connectivity index (χ1) is 7.90. The van der Waals surface area contributed by atoms with Crippen molar-refractivity contribution in [3.63, 3.8) is 0 Å². The largest absolute Gasteiger partial charge is 0.310 e. The minimum Gasteiger partial charge on any atom is -0.310 e. The Morgan fingerprint density at radius 2 is 2.50 bits per heavy atom. The van der Waals surface area contributed by atoms with E-state index in [1.165, 1.54) is 18.6 Å². The van der Waals surface area contributed by atoms with Gasteiger partial charge in [0.2, 0.25) is 0 Å². The molecule has 16 heavy (non-hydrogen) atoms. The van der Waals surface area contributed by atoms with Gasteiger partial charge in [0.15, 0.2) is 5.82 Å². The lowest BCUT2D eigenvalue weighted by atomic mass is 10.2. The maximum Gasteiger partial charge on any atom is 0.165 e. The highest BCUT2D eigenvalue weighted by Crippen LogP contribution is 2.27. The van der Waals surface area contributed by atoms with Crippen LogP contribution in [0.3, 0.4) is 0 Å². The fourth-order valence-corrected chi connectivity index (χ4v) is 3.10. The summed E-state index contributed by atoms with van der Waals surface area (Å²) in [5, 5.41) is 15.9. The average Bonchev–Trinajstić information content (AvgIpc) is 2.92. The molecule has 1 unspecified atom stereocenters. The lowest BCUT2D eigenvalue weighted by molar-refractivity contribution is 0.523. The second-order valence-corrected chi connectivity index (χ2v) is 5.50. The summed E-state index contributed by atoms with van der Waals surface area (Å²) in [6.45, 7) is 4.91. The minimum atomic E-state index is 0.702. The number of rotatable bonds is 6. The molecular weight excluding hydrogens is 222 g/mol. The van der Waals surface area contributed by atoms with E-state index in [4.69, 9.17) is 0 Å². The predicted molar refractivity (Wildman–Crippen MR) is 65.3 cm³/mol. The number of tetrazole rings is 1. The molecule has 1 aromatic rings. The van der Waals surface area contributed by atoms with Crippen molar-refractivity contribution in [2.75, 3.05) is 12.3 Å². The minimum absolute atomic E-state index is 0.702. The second-order valence-electron chi connectivity index (χ2n) is 4.09. The van der Waals surface area contributed by atoms with E-state index < -0.39 is 0 Å². The van der Waals surface area contributed by atoms with E-state index in [9.17, 15) is 0 Å². The summed E-state index contributed by atoms with van der Waals surface area (Å²) >= 11 is 2.04. The van der Waals surface area contributed by atoms with E-state index in [-0.39, 0.29) is 0 Å². The van der Waals surface area contributed by atoms with Crippen LogP contribution in [-0.4, -0.2) is 37.8 Å². The van der Waals surface area contributed by atoms with Gasteiger partial charge in [0.05, 0.1) is 13.1 Å². The van der Waals surface area contributed by atoms with Gasteiger partial charge >= 0.3 is 0 Å². The number of nitrogens with zero attached hydrogens (tertiary/aromatic N) is 4. The van der Waals surface area contributed by atoms with Crippen LogP contribution in [0.4, 0.5) is 0 Å². The molecular formula is C10H19N5S. The zero-order valence-corrected chi connectivity index (χ0v) is 10.5. The number of nitrogens with one attached hydrogen (secondary N) is 1. The molecule has 0 radical (unpaired) electrons. The van der Waals surface area contributed by atoms with Gasteiger partial charge in [0.1, 0.15) is 0 Å². The second kappa shape index (κ2) is 6.20. The van der Waals surface area contributed by atoms with Crippen LogP contribution >= 0.6 is 11.8 Å². The summed E-state index contributed by atoms with van der Waals surface area (Å²) in [6, 6.07) is 0. The summed E-state index contributed by atoms with van der Waals surface area (Å²) < 4.78 is 1.95. The predicted octanol–water partition coefficient (Wildman–Crippen LogP) is 1.07. The van der Waals surface area contributed by atoms with Crippen molar-refractivity contribution in [3.05, 3.63) is 5.82 Å². The van der Waals surface area contributed by atoms with Crippen LogP contribution in [0.15, 0.2) is 0 Å². The van der Waals surface area contributed by atoms with Gasteiger partial charge in [-0.15, -0.1) is 5.10 Å². The lowest BCUT2D eigenvalue weighted by Crippen LogP contribution is -2.20. The maximum atomic E-state index is 4.06. The molecule has 1 fully saturated rings. The van der Waals surface area contributed by atoms with Crippen molar-refractivity contribution >= 4 is 11.8 Å². The van der Waals surface area contributed by atoms with Crippen molar-refractivity contribution in [1.29, 1.82) is 0 Å². The monoisotopic (exact) mass is 241 g/mol. The lowest BCUT2D eigenvalue weighted by Gasteiger charge is -2.09. The van der Waals surface area contributed by atoms with Crippen LogP contribution in [0, 0.1) is 0 Å². The molecule has 0 aliphatic carbocycles. The Kier molecular flexibility index (Phi) is 4.59. The Labute approximate surface area is 100 Å². The molecule has 0 bridgehead atoms. The molecule has 2 heterocycles. The van der Waals surface area contributed by atoms with Crippen molar-refractivity contribution in [3.8, 4) is 0 Å². The normalized spacial score (nSPS) is 20.4. The van der Waals surface area contributed by atoms with Crippen LogP contribution in [0.25, 0.3) is 0 Å². The van der Waals surface area contributed by atoms with Crippen LogP contribution in [0.1, 0.15) is 32.0 Å². The van der Waals surface area contributed by atoms with Crippen LogP contribution in [0.5, 0.6) is 0 Å². The summed E-state index contributed by atoms with van der Waals surface area (Å²) in [6.07, 6.45) is 3.77. The molecule has 0 saturated carbocycles. The van der Waals surface area contributed by atoms with E-state index >= 15 is 0 Å². The molecule has 90 valence electrons. The molecule has 1 aliphatic rings. The van der Waals surface area contributed by atoms with Gasteiger partial charge in [-0.25, -0.2) is 4.68 Å². The molecule has 0 aromatic carbocycles. The fourth-order valence-electron chi connectivity index (χ4n) is 1.85. The smallest absolute Gasteiger partial charge is 0.165 e. The summed E-state index contributed by atoms with van der Waals surface area (Å²) in [5.41, 5.74) is 0. The Hall–Kier alpha value is -0.620. The summed E-state index contributed by atoms with van der Waals surface area (Å²) in [5.74, 6) is 2.25. The zero-order valence-electron chi connectivity index (χ0n) is 9.72. The highest BCUT2D eigenvalue weighted by molar-refractivity contribution is 8.00. The standard InChI is InChI=1S/C10H19N5S/c1-2-5-11-7-10-12-13-14-15(10)8-9-4-3-6-16-9/h9,11H,2-8H2,1H3. The van der Waals surface area contributed by atoms with E-state index in [2.05, 4.69) is 27.8 Å². The van der Waals surface area contributed by atoms with Crippen LogP contribution in [-0.2, 0) is 13.1 Å². The molecule has 1 N–H and O–H groups in total. The van der Waals surface area contributed by atoms with E-state index in [1.807, 2.05) is 16.4 Å². The SMILES string of the molecule is CCCNCc1nnnn1CC1CCCS1. The van der Waals surface area contributed by atoms with Crippen molar-refractivity contribution in [2.45, 2.75) is 44.5 Å². The van der Waals surface area contributed by atoms with Crippen LogP contribution in [0.2, 0.25) is 0 Å². The van der Waals surface area contributed by atoms with Crippen molar-refractivity contribution in [1.82, 2.24) is 25.5 Å². The topological polar surface area (TPSA) is 55.6 Å². The Morgan fingerprint density at radius 1 is 1.56 bits per heavy atom. The Balaban J connectivity index is 1.85. The van der Waals surface area contributed by atoms with Gasteiger partial charge in [-0.05, 0) is 42.0 Å². The van der Waals surface area contributed by atoms with Gasteiger partial charge in [-0.2, -0.15) is 11.8 Å². The molecule has 0 amide bonds. The van der Waals surface area contributed by atoms with E-state index in [0.29, 0.717) is 5.25 Å². The fraction of sp³-hybridized carbons (Fsp3) is 0.900. The first-order valence-electron chi connectivity index (χ1n) is 5.97. The molecule has 1 atom stereocenters. The average molecular weight is 241 g/mol. The maximum absolute atomic E-state index is 4.06. The van der Waals surface area contributed by atoms with Crippen molar-refractivity contribution in [2.24, 2.45) is 0 Å². The van der Waals surface area contributed by atoms with Gasteiger partial charge in [-0.3, -0.25) is 0 Å². The third-order valence-electron chi connectivity index (χ3n) is 2.72. The third kappa shape index (κ3) is 3.18. The van der Waals surface area contributed by atoms with Crippen molar-refractivity contribution < 1.29 is 0 Å². The van der Waals surface area contributed by atoms with Gasteiger partial charge in [0.25, 0.3) is 0 Å². The van der Waals surface area contributed by atoms with E-state index in [0.717, 1.165) is 31.9 Å². The number of hydrogen-bond acceptors (Lipinski definition) is 5. The number of thioether (sulfide) groups is 1. The Bertz CT molecular complexity index is 308. The first kappa shape index (κ1) is 11.9. The first-order valence-corrected chi connectivity index (χ1v) is 7.02.